The van der Waals surface area contributed by atoms with Crippen LogP contribution >= 0.6 is 0 Å². The Kier molecular flexibility index (Phi) is 7.82. The molecule has 1 N–H and O–H groups in total. The van der Waals surface area contributed by atoms with Crippen LogP contribution in [0.25, 0.3) is 0 Å². The molecule has 2 rings (SSSR count). The summed E-state index contributed by atoms with van der Waals surface area (Å²) in [6, 6.07) is 3.91. The molecule has 1 aliphatic rings. The third-order valence-corrected chi connectivity index (χ3v) is 4.35. The van der Waals surface area contributed by atoms with Crippen molar-refractivity contribution < 1.29 is 9.47 Å². The first-order valence-electron chi connectivity index (χ1n) is 8.79. The molecule has 0 saturated carbocycles. The van der Waals surface area contributed by atoms with Crippen molar-refractivity contribution in [2.24, 2.45) is 10.9 Å². The van der Waals surface area contributed by atoms with Crippen LogP contribution in [0.2, 0.25) is 0 Å². The van der Waals surface area contributed by atoms with Gasteiger partial charge >= 0.3 is 0 Å². The molecule has 6 heteroatoms. The second kappa shape index (κ2) is 10.1. The first kappa shape index (κ1) is 18.5. The number of rotatable bonds is 7. The van der Waals surface area contributed by atoms with E-state index >= 15 is 0 Å². The summed E-state index contributed by atoms with van der Waals surface area (Å²) in [5, 5.41) is 3.37. The average molecular weight is 334 g/mol. The molecule has 0 atom stereocenters. The van der Waals surface area contributed by atoms with Crippen LogP contribution in [0.15, 0.2) is 23.3 Å². The Hall–Kier alpha value is -1.82. The summed E-state index contributed by atoms with van der Waals surface area (Å²) in [4.78, 5) is 11.2. The summed E-state index contributed by atoms with van der Waals surface area (Å²) in [5.74, 6) is 2.33. The van der Waals surface area contributed by atoms with Gasteiger partial charge in [-0.25, -0.2) is 9.98 Å². The zero-order valence-electron chi connectivity index (χ0n) is 15.1. The Balaban J connectivity index is 1.93. The Morgan fingerprint density at radius 3 is 2.96 bits per heavy atom. The lowest BCUT2D eigenvalue weighted by molar-refractivity contribution is 0.0625. The van der Waals surface area contributed by atoms with E-state index in [1.807, 2.05) is 12.1 Å². The number of methoxy groups -OCH3 is 1. The molecule has 0 bridgehead atoms. The van der Waals surface area contributed by atoms with E-state index in [2.05, 4.69) is 29.2 Å². The fraction of sp³-hybridized carbons (Fsp3) is 0.667. The maximum Gasteiger partial charge on any atom is 0.218 e. The fourth-order valence-corrected chi connectivity index (χ4v) is 2.88. The minimum absolute atomic E-state index is 0.557. The molecule has 0 amide bonds. The SMILES string of the molecule is CCNC(=NCc1cccnc1OC)N(C)CCC1CCOCC1. The van der Waals surface area contributed by atoms with Gasteiger partial charge in [-0.2, -0.15) is 0 Å². The maximum absolute atomic E-state index is 5.43. The maximum atomic E-state index is 5.43. The van der Waals surface area contributed by atoms with Gasteiger partial charge in [0.25, 0.3) is 0 Å². The van der Waals surface area contributed by atoms with Crippen molar-refractivity contribution in [3.8, 4) is 5.88 Å². The lowest BCUT2D eigenvalue weighted by atomic mass is 9.96. The molecule has 0 unspecified atom stereocenters. The van der Waals surface area contributed by atoms with E-state index in [4.69, 9.17) is 14.5 Å². The van der Waals surface area contributed by atoms with Crippen molar-refractivity contribution in [3.63, 3.8) is 0 Å². The van der Waals surface area contributed by atoms with Crippen molar-refractivity contribution >= 4 is 5.96 Å². The van der Waals surface area contributed by atoms with Gasteiger partial charge in [0.1, 0.15) is 0 Å². The highest BCUT2D eigenvalue weighted by molar-refractivity contribution is 5.79. The van der Waals surface area contributed by atoms with E-state index in [1.165, 1.54) is 19.3 Å². The van der Waals surface area contributed by atoms with Gasteiger partial charge in [0.05, 0.1) is 13.7 Å². The monoisotopic (exact) mass is 334 g/mol. The predicted molar refractivity (Wildman–Crippen MR) is 96.4 cm³/mol. The van der Waals surface area contributed by atoms with E-state index in [0.29, 0.717) is 12.4 Å². The molecule has 0 aliphatic carbocycles. The van der Waals surface area contributed by atoms with E-state index < -0.39 is 0 Å². The molecule has 1 aromatic rings. The zero-order valence-corrected chi connectivity index (χ0v) is 15.1. The minimum atomic E-state index is 0.557. The number of aliphatic imine (C=N–C) groups is 1. The summed E-state index contributed by atoms with van der Waals surface area (Å²) < 4.78 is 10.7. The van der Waals surface area contributed by atoms with Crippen LogP contribution in [0.5, 0.6) is 5.88 Å². The van der Waals surface area contributed by atoms with Crippen molar-refractivity contribution in [1.82, 2.24) is 15.2 Å². The van der Waals surface area contributed by atoms with Gasteiger partial charge < -0.3 is 19.7 Å². The van der Waals surface area contributed by atoms with Gasteiger partial charge in [-0.1, -0.05) is 6.07 Å². The topological polar surface area (TPSA) is 59.0 Å². The molecule has 0 spiro atoms. The molecular weight excluding hydrogens is 304 g/mol. The standard InChI is InChI=1S/C18H30N4O2/c1-4-19-18(21-14-16-6-5-10-20-17(16)23-3)22(2)11-7-15-8-12-24-13-9-15/h5-6,10,15H,4,7-9,11-14H2,1-3H3,(H,19,21). The first-order chi connectivity index (χ1) is 11.7. The highest BCUT2D eigenvalue weighted by Gasteiger charge is 2.15. The predicted octanol–water partition coefficient (Wildman–Crippen LogP) is 2.30. The van der Waals surface area contributed by atoms with E-state index in [9.17, 15) is 0 Å². The molecule has 1 saturated heterocycles. The average Bonchev–Trinajstić information content (AvgIpc) is 2.64. The number of pyridine rings is 1. The summed E-state index contributed by atoms with van der Waals surface area (Å²) in [6.45, 7) is 6.31. The van der Waals surface area contributed by atoms with Crippen molar-refractivity contribution in [1.29, 1.82) is 0 Å². The number of nitrogens with one attached hydrogen (secondary N) is 1. The molecule has 0 aromatic carbocycles. The van der Waals surface area contributed by atoms with Gasteiger partial charge in [-0.3, -0.25) is 0 Å². The van der Waals surface area contributed by atoms with Crippen LogP contribution in [0.1, 0.15) is 31.7 Å². The van der Waals surface area contributed by atoms with E-state index in [1.54, 1.807) is 13.3 Å². The number of guanidine groups is 1. The number of hydrogen-bond donors (Lipinski definition) is 1. The minimum Gasteiger partial charge on any atom is -0.481 e. The number of hydrogen-bond acceptors (Lipinski definition) is 4. The molecule has 134 valence electrons. The summed E-state index contributed by atoms with van der Waals surface area (Å²) in [7, 11) is 3.74. The van der Waals surface area contributed by atoms with E-state index in [0.717, 1.165) is 43.7 Å². The largest absolute Gasteiger partial charge is 0.481 e. The lowest BCUT2D eigenvalue weighted by Crippen LogP contribution is -2.40. The van der Waals surface area contributed by atoms with Crippen LogP contribution in [0.4, 0.5) is 0 Å². The second-order valence-corrected chi connectivity index (χ2v) is 6.11. The zero-order chi connectivity index (χ0) is 17.2. The van der Waals surface area contributed by atoms with Crippen molar-refractivity contribution in [2.45, 2.75) is 32.7 Å². The lowest BCUT2D eigenvalue weighted by Gasteiger charge is -2.26. The van der Waals surface area contributed by atoms with Crippen LogP contribution in [-0.4, -0.2) is 56.3 Å². The molecular formula is C18H30N4O2. The molecule has 2 heterocycles. The molecule has 0 radical (unpaired) electrons. The van der Waals surface area contributed by atoms with Gasteiger partial charge in [0.2, 0.25) is 5.88 Å². The van der Waals surface area contributed by atoms with Crippen LogP contribution in [0, 0.1) is 5.92 Å². The number of aromatic nitrogens is 1. The Morgan fingerprint density at radius 2 is 2.25 bits per heavy atom. The molecule has 1 aromatic heterocycles. The second-order valence-electron chi connectivity index (χ2n) is 6.11. The Labute approximate surface area is 145 Å². The normalized spacial score (nSPS) is 16.0. The van der Waals surface area contributed by atoms with Gasteiger partial charge in [0, 0.05) is 45.1 Å². The highest BCUT2D eigenvalue weighted by atomic mass is 16.5. The molecule has 1 aliphatic heterocycles. The number of ether oxygens (including phenoxy) is 2. The Morgan fingerprint density at radius 1 is 1.46 bits per heavy atom. The van der Waals surface area contributed by atoms with Gasteiger partial charge in [-0.15, -0.1) is 0 Å². The fourth-order valence-electron chi connectivity index (χ4n) is 2.88. The third kappa shape index (κ3) is 5.67. The molecule has 1 fully saturated rings. The smallest absolute Gasteiger partial charge is 0.218 e. The van der Waals surface area contributed by atoms with Gasteiger partial charge in [0.15, 0.2) is 5.96 Å². The van der Waals surface area contributed by atoms with Crippen LogP contribution < -0.4 is 10.1 Å². The Bertz CT molecular complexity index is 515. The quantitative estimate of drug-likeness (QED) is 0.612. The molecule has 6 nitrogen and oxygen atoms in total. The van der Waals surface area contributed by atoms with Gasteiger partial charge in [-0.05, 0) is 38.2 Å². The number of nitrogens with zero attached hydrogens (tertiary/aromatic N) is 3. The van der Waals surface area contributed by atoms with Crippen LogP contribution in [0.3, 0.4) is 0 Å². The van der Waals surface area contributed by atoms with E-state index in [-0.39, 0.29) is 0 Å². The third-order valence-electron chi connectivity index (χ3n) is 4.35. The summed E-state index contributed by atoms with van der Waals surface area (Å²) in [5.41, 5.74) is 0.994. The molecule has 24 heavy (non-hydrogen) atoms. The summed E-state index contributed by atoms with van der Waals surface area (Å²) >= 11 is 0. The van der Waals surface area contributed by atoms with Crippen molar-refractivity contribution in [2.75, 3.05) is 40.5 Å². The summed E-state index contributed by atoms with van der Waals surface area (Å²) in [6.07, 6.45) is 5.26. The highest BCUT2D eigenvalue weighted by Crippen LogP contribution is 2.19. The van der Waals surface area contributed by atoms with Crippen molar-refractivity contribution in [3.05, 3.63) is 23.9 Å². The first-order valence-corrected chi connectivity index (χ1v) is 8.79. The van der Waals surface area contributed by atoms with Crippen LogP contribution in [-0.2, 0) is 11.3 Å².